The zero-order chi connectivity index (χ0) is 20.9. The minimum atomic E-state index is -1.45. The molecule has 2 atom stereocenters. The van der Waals surface area contributed by atoms with E-state index in [4.69, 9.17) is 0 Å². The Morgan fingerprint density at radius 3 is 2.52 bits per heavy atom. The number of aromatic nitrogens is 2. The van der Waals surface area contributed by atoms with Crippen LogP contribution in [0.1, 0.15) is 18.2 Å². The van der Waals surface area contributed by atoms with Crippen molar-refractivity contribution in [1.29, 1.82) is 0 Å². The molecule has 29 heavy (non-hydrogen) atoms. The van der Waals surface area contributed by atoms with Crippen molar-refractivity contribution in [3.63, 3.8) is 0 Å². The molecule has 0 bridgehead atoms. The van der Waals surface area contributed by atoms with Gasteiger partial charge in [0.1, 0.15) is 5.54 Å². The lowest BCUT2D eigenvalue weighted by Gasteiger charge is -2.30. The molecule has 0 aliphatic rings. The standard InChI is InChI=1S/C21H24N4O4/c1-21(23-20(28)29,12-18-16-9-5-6-10-17(16)24-25-18)19(27)22-15(13-26)11-14-7-3-2-4-8-14/h2-10,15,23,26H,11-13H2,1H3,(H,22,27)(H,24,25)(H,28,29). The van der Waals surface area contributed by atoms with Gasteiger partial charge in [0, 0.05) is 17.5 Å². The highest BCUT2D eigenvalue weighted by Crippen LogP contribution is 2.21. The molecule has 0 radical (unpaired) electrons. The molecule has 8 nitrogen and oxygen atoms in total. The van der Waals surface area contributed by atoms with Crippen LogP contribution in [0.25, 0.3) is 10.9 Å². The van der Waals surface area contributed by atoms with Gasteiger partial charge in [0.2, 0.25) is 5.91 Å². The number of aliphatic hydroxyl groups is 1. The third-order valence-electron chi connectivity index (χ3n) is 4.84. The summed E-state index contributed by atoms with van der Waals surface area (Å²) < 4.78 is 0. The summed E-state index contributed by atoms with van der Waals surface area (Å²) in [4.78, 5) is 24.4. The number of aromatic amines is 1. The Morgan fingerprint density at radius 2 is 1.83 bits per heavy atom. The average molecular weight is 396 g/mol. The topological polar surface area (TPSA) is 127 Å². The molecular formula is C21H24N4O4. The Hall–Kier alpha value is -3.39. The zero-order valence-corrected chi connectivity index (χ0v) is 16.1. The van der Waals surface area contributed by atoms with Crippen LogP contribution in [0.15, 0.2) is 54.6 Å². The van der Waals surface area contributed by atoms with Crippen LogP contribution in [0.5, 0.6) is 0 Å². The lowest BCUT2D eigenvalue weighted by atomic mass is 9.92. The van der Waals surface area contributed by atoms with Crippen LogP contribution >= 0.6 is 0 Å². The van der Waals surface area contributed by atoms with E-state index < -0.39 is 23.6 Å². The predicted molar refractivity (Wildman–Crippen MR) is 109 cm³/mol. The van der Waals surface area contributed by atoms with E-state index in [-0.39, 0.29) is 13.0 Å². The molecule has 152 valence electrons. The monoisotopic (exact) mass is 396 g/mol. The molecule has 5 N–H and O–H groups in total. The van der Waals surface area contributed by atoms with Gasteiger partial charge in [-0.15, -0.1) is 0 Å². The Kier molecular flexibility index (Phi) is 6.13. The third kappa shape index (κ3) is 4.91. The number of rotatable bonds is 8. The van der Waals surface area contributed by atoms with Crippen molar-refractivity contribution in [2.24, 2.45) is 0 Å². The zero-order valence-electron chi connectivity index (χ0n) is 16.1. The summed E-state index contributed by atoms with van der Waals surface area (Å²) in [6, 6.07) is 16.3. The Labute approximate surface area is 167 Å². The van der Waals surface area contributed by atoms with Gasteiger partial charge in [0.15, 0.2) is 0 Å². The molecule has 0 aliphatic carbocycles. The maximum atomic E-state index is 13.0. The smallest absolute Gasteiger partial charge is 0.405 e. The van der Waals surface area contributed by atoms with Crippen LogP contribution in [0, 0.1) is 0 Å². The molecule has 8 heteroatoms. The lowest BCUT2D eigenvalue weighted by Crippen LogP contribution is -2.60. The van der Waals surface area contributed by atoms with E-state index in [1.54, 1.807) is 0 Å². The molecule has 3 aromatic rings. The van der Waals surface area contributed by atoms with Gasteiger partial charge in [-0.1, -0.05) is 48.5 Å². The van der Waals surface area contributed by atoms with E-state index in [9.17, 15) is 19.8 Å². The van der Waals surface area contributed by atoms with Crippen molar-refractivity contribution in [1.82, 2.24) is 20.8 Å². The first kappa shape index (κ1) is 20.3. The molecule has 2 aromatic carbocycles. The fraction of sp³-hybridized carbons (Fsp3) is 0.286. The quantitative estimate of drug-likeness (QED) is 0.397. The van der Waals surface area contributed by atoms with Crippen molar-refractivity contribution < 1.29 is 19.8 Å². The molecule has 0 fully saturated rings. The third-order valence-corrected chi connectivity index (χ3v) is 4.84. The van der Waals surface area contributed by atoms with E-state index in [0.717, 1.165) is 16.5 Å². The SMILES string of the molecule is CC(Cc1[nH]nc2ccccc12)(NC(=O)O)C(=O)NC(CO)Cc1ccccc1. The van der Waals surface area contributed by atoms with E-state index in [0.29, 0.717) is 12.1 Å². The predicted octanol–water partition coefficient (Wildman–Crippen LogP) is 1.85. The number of carbonyl (C=O) groups excluding carboxylic acids is 1. The van der Waals surface area contributed by atoms with Gasteiger partial charge in [0.05, 0.1) is 18.2 Å². The number of hydrogen-bond donors (Lipinski definition) is 5. The van der Waals surface area contributed by atoms with Crippen LogP contribution in [-0.4, -0.2) is 50.6 Å². The van der Waals surface area contributed by atoms with Gasteiger partial charge in [-0.2, -0.15) is 5.10 Å². The Morgan fingerprint density at radius 1 is 1.14 bits per heavy atom. The van der Waals surface area contributed by atoms with Crippen molar-refractivity contribution in [3.05, 3.63) is 65.9 Å². The number of hydrogen-bond acceptors (Lipinski definition) is 4. The molecule has 1 heterocycles. The first-order valence-corrected chi connectivity index (χ1v) is 9.30. The fourth-order valence-electron chi connectivity index (χ4n) is 3.32. The Balaban J connectivity index is 1.80. The minimum Gasteiger partial charge on any atom is -0.465 e. The summed E-state index contributed by atoms with van der Waals surface area (Å²) in [5.41, 5.74) is 0.887. The van der Waals surface area contributed by atoms with Crippen LogP contribution in [-0.2, 0) is 17.6 Å². The highest BCUT2D eigenvalue weighted by Gasteiger charge is 2.37. The summed E-state index contributed by atoms with van der Waals surface area (Å²) >= 11 is 0. The highest BCUT2D eigenvalue weighted by molar-refractivity contribution is 5.91. The molecule has 0 saturated carbocycles. The first-order valence-electron chi connectivity index (χ1n) is 9.30. The lowest BCUT2D eigenvalue weighted by molar-refractivity contribution is -0.127. The number of nitrogens with zero attached hydrogens (tertiary/aromatic N) is 1. The van der Waals surface area contributed by atoms with Gasteiger partial charge in [0.25, 0.3) is 0 Å². The largest absolute Gasteiger partial charge is 0.465 e. The van der Waals surface area contributed by atoms with Gasteiger partial charge < -0.3 is 20.8 Å². The number of carbonyl (C=O) groups is 2. The van der Waals surface area contributed by atoms with Gasteiger partial charge >= 0.3 is 6.09 Å². The van der Waals surface area contributed by atoms with E-state index in [1.807, 2.05) is 54.6 Å². The van der Waals surface area contributed by atoms with Crippen LogP contribution < -0.4 is 10.6 Å². The molecule has 3 rings (SSSR count). The van der Waals surface area contributed by atoms with Crippen molar-refractivity contribution in [2.75, 3.05) is 6.61 Å². The second-order valence-electron chi connectivity index (χ2n) is 7.20. The first-order chi connectivity index (χ1) is 13.9. The highest BCUT2D eigenvalue weighted by atomic mass is 16.4. The summed E-state index contributed by atoms with van der Waals surface area (Å²) in [5, 5.41) is 32.0. The van der Waals surface area contributed by atoms with Crippen molar-refractivity contribution in [3.8, 4) is 0 Å². The number of fused-ring (bicyclic) bond motifs is 1. The minimum absolute atomic E-state index is 0.0785. The van der Waals surface area contributed by atoms with E-state index >= 15 is 0 Å². The number of H-pyrrole nitrogens is 1. The normalized spacial score (nSPS) is 14.1. The molecular weight excluding hydrogens is 372 g/mol. The van der Waals surface area contributed by atoms with E-state index in [2.05, 4.69) is 20.8 Å². The van der Waals surface area contributed by atoms with Crippen molar-refractivity contribution in [2.45, 2.75) is 31.3 Å². The number of amides is 2. The molecule has 0 aliphatic heterocycles. The van der Waals surface area contributed by atoms with Gasteiger partial charge in [-0.05, 0) is 25.0 Å². The second kappa shape index (κ2) is 8.74. The number of benzene rings is 2. The summed E-state index contributed by atoms with van der Waals surface area (Å²) in [5.74, 6) is -0.520. The van der Waals surface area contributed by atoms with E-state index in [1.165, 1.54) is 6.92 Å². The van der Waals surface area contributed by atoms with Crippen molar-refractivity contribution >= 4 is 22.9 Å². The average Bonchev–Trinajstić information content (AvgIpc) is 3.10. The molecule has 1 aromatic heterocycles. The molecule has 2 amide bonds. The molecule has 0 saturated heterocycles. The Bertz CT molecular complexity index is 989. The maximum Gasteiger partial charge on any atom is 0.405 e. The number of nitrogens with one attached hydrogen (secondary N) is 3. The van der Waals surface area contributed by atoms with Crippen LogP contribution in [0.2, 0.25) is 0 Å². The summed E-state index contributed by atoms with van der Waals surface area (Å²) in [6.45, 7) is 1.25. The number of carboxylic acid groups (broad SMARTS) is 1. The number of aliphatic hydroxyl groups excluding tert-OH is 1. The van der Waals surface area contributed by atoms with Crippen LogP contribution in [0.4, 0.5) is 4.79 Å². The van der Waals surface area contributed by atoms with Gasteiger partial charge in [-0.3, -0.25) is 9.89 Å². The van der Waals surface area contributed by atoms with Crippen LogP contribution in [0.3, 0.4) is 0 Å². The second-order valence-corrected chi connectivity index (χ2v) is 7.20. The van der Waals surface area contributed by atoms with Gasteiger partial charge in [-0.25, -0.2) is 4.79 Å². The molecule has 0 spiro atoms. The summed E-state index contributed by atoms with van der Waals surface area (Å²) in [6.07, 6.45) is -0.802. The fourth-order valence-corrected chi connectivity index (χ4v) is 3.32. The maximum absolute atomic E-state index is 13.0. The number of para-hydroxylation sites is 1. The summed E-state index contributed by atoms with van der Waals surface area (Å²) in [7, 11) is 0. The molecule has 2 unspecified atom stereocenters.